The zero-order valence-electron chi connectivity index (χ0n) is 11.6. The lowest BCUT2D eigenvalue weighted by molar-refractivity contribution is 1.32. The van der Waals surface area contributed by atoms with Crippen LogP contribution in [-0.4, -0.2) is 7.57 Å². The molecule has 2 heteroatoms. The lowest BCUT2D eigenvalue weighted by Crippen LogP contribution is -1.86. The molecule has 2 rings (SSSR count). The Hall–Kier alpha value is -1.07. The number of hydrogen-bond acceptors (Lipinski definition) is 0. The van der Waals surface area contributed by atoms with Crippen molar-refractivity contribution in [1.82, 2.24) is 0 Å². The van der Waals surface area contributed by atoms with E-state index in [1.165, 1.54) is 33.4 Å². The van der Waals surface area contributed by atoms with Gasteiger partial charge < -0.3 is 0 Å². The molecular formula is C16H20BP. The summed E-state index contributed by atoms with van der Waals surface area (Å²) < 4.78 is 0. The average Bonchev–Trinajstić information content (AvgIpc) is 2.38. The van der Waals surface area contributed by atoms with Gasteiger partial charge in [-0.15, -0.1) is 0 Å². The van der Waals surface area contributed by atoms with E-state index < -0.39 is 0 Å². The third-order valence-corrected chi connectivity index (χ3v) is 3.35. The number of rotatable bonds is 1. The van der Waals surface area contributed by atoms with Crippen molar-refractivity contribution >= 4 is 16.7 Å². The highest BCUT2D eigenvalue weighted by atomic mass is 31.0. The van der Waals surface area contributed by atoms with Crippen LogP contribution in [0.25, 0.3) is 11.1 Å². The van der Waals surface area contributed by atoms with Crippen LogP contribution in [0.15, 0.2) is 36.4 Å². The molecule has 0 aliphatic heterocycles. The Morgan fingerprint density at radius 3 is 1.22 bits per heavy atom. The summed E-state index contributed by atoms with van der Waals surface area (Å²) in [6.45, 7) is 8.64. The molecule has 2 radical (unpaired) electrons. The maximum Gasteiger partial charge on any atom is 0.0996 e. The number of aryl methyl sites for hydroxylation is 4. The molecule has 1 unspecified atom stereocenters. The standard InChI is InChI=1S/C16H18.BH2P/c1-11-5-7-15(9-13(11)3)16-8-6-12(2)14(4)10-16;1-2/h5-10H,1-4H3;2H2. The van der Waals surface area contributed by atoms with Gasteiger partial charge in [-0.1, -0.05) is 36.4 Å². The monoisotopic (exact) mass is 254 g/mol. The summed E-state index contributed by atoms with van der Waals surface area (Å²) in [5, 5.41) is 0. The van der Waals surface area contributed by atoms with E-state index in [0.29, 0.717) is 0 Å². The Labute approximate surface area is 114 Å². The summed E-state index contributed by atoms with van der Waals surface area (Å²) in [7, 11) is 6.33. The Bertz CT molecular complexity index is 483. The van der Waals surface area contributed by atoms with Gasteiger partial charge in [0, 0.05) is 0 Å². The predicted molar refractivity (Wildman–Crippen MR) is 86.3 cm³/mol. The van der Waals surface area contributed by atoms with Crippen molar-refractivity contribution in [2.24, 2.45) is 0 Å². The lowest BCUT2D eigenvalue weighted by atomic mass is 9.98. The van der Waals surface area contributed by atoms with Crippen LogP contribution in [0, 0.1) is 27.7 Å². The van der Waals surface area contributed by atoms with Gasteiger partial charge in [-0.3, -0.25) is 0 Å². The van der Waals surface area contributed by atoms with E-state index in [0.717, 1.165) is 0 Å². The SMILES string of the molecule is Cc1ccc(-c2ccc(C)c(C)c2)cc1C.[B]P. The molecule has 0 aliphatic rings. The van der Waals surface area contributed by atoms with Gasteiger partial charge in [0.15, 0.2) is 0 Å². The van der Waals surface area contributed by atoms with Crippen LogP contribution in [0.4, 0.5) is 0 Å². The largest absolute Gasteiger partial charge is 0.187 e. The highest BCUT2D eigenvalue weighted by molar-refractivity contribution is 7.49. The summed E-state index contributed by atoms with van der Waals surface area (Å²) in [5.74, 6) is 0. The molecule has 0 bridgehead atoms. The van der Waals surface area contributed by atoms with E-state index in [9.17, 15) is 0 Å². The quantitative estimate of drug-likeness (QED) is 0.518. The van der Waals surface area contributed by atoms with Gasteiger partial charge in [-0.2, -0.15) is 9.12 Å². The maximum absolute atomic E-state index is 4.42. The Morgan fingerprint density at radius 2 is 0.944 bits per heavy atom. The predicted octanol–water partition coefficient (Wildman–Crippen LogP) is 4.53. The first-order valence-electron chi connectivity index (χ1n) is 6.06. The van der Waals surface area contributed by atoms with Gasteiger partial charge in [-0.25, -0.2) is 0 Å². The summed E-state index contributed by atoms with van der Waals surface area (Å²) >= 11 is 0. The molecular weight excluding hydrogens is 234 g/mol. The van der Waals surface area contributed by atoms with Crippen molar-refractivity contribution in [2.45, 2.75) is 27.7 Å². The third kappa shape index (κ3) is 3.46. The third-order valence-electron chi connectivity index (χ3n) is 3.35. The molecule has 0 spiro atoms. The van der Waals surface area contributed by atoms with E-state index in [1.807, 2.05) is 9.12 Å². The minimum absolute atomic E-state index is 1.31. The van der Waals surface area contributed by atoms with Gasteiger partial charge in [0.2, 0.25) is 0 Å². The molecule has 0 N–H and O–H groups in total. The van der Waals surface area contributed by atoms with Crippen LogP contribution >= 0.6 is 9.12 Å². The maximum atomic E-state index is 4.42. The zero-order valence-corrected chi connectivity index (χ0v) is 12.8. The first-order chi connectivity index (χ1) is 8.58. The highest BCUT2D eigenvalue weighted by Crippen LogP contribution is 2.24. The summed E-state index contributed by atoms with van der Waals surface area (Å²) in [6, 6.07) is 13.3. The lowest BCUT2D eigenvalue weighted by Gasteiger charge is -2.08. The summed E-state index contributed by atoms with van der Waals surface area (Å²) in [5.41, 5.74) is 8.05. The molecule has 2 aromatic rings. The first kappa shape index (κ1) is 15.0. The molecule has 0 nitrogen and oxygen atoms in total. The van der Waals surface area contributed by atoms with Crippen LogP contribution in [-0.2, 0) is 0 Å². The molecule has 0 heterocycles. The molecule has 2 aromatic carbocycles. The van der Waals surface area contributed by atoms with Gasteiger partial charge in [0.05, 0.1) is 7.57 Å². The van der Waals surface area contributed by atoms with Crippen LogP contribution in [0.2, 0.25) is 0 Å². The van der Waals surface area contributed by atoms with Crippen molar-refractivity contribution in [3.63, 3.8) is 0 Å². The fourth-order valence-corrected chi connectivity index (χ4v) is 1.84. The second-order valence-electron chi connectivity index (χ2n) is 4.60. The van der Waals surface area contributed by atoms with Crippen LogP contribution in [0.5, 0.6) is 0 Å². The van der Waals surface area contributed by atoms with Gasteiger partial charge in [0.25, 0.3) is 0 Å². The Balaban J connectivity index is 0.000000771. The summed E-state index contributed by atoms with van der Waals surface area (Å²) in [4.78, 5) is 0. The van der Waals surface area contributed by atoms with Crippen molar-refractivity contribution in [1.29, 1.82) is 0 Å². The first-order valence-corrected chi connectivity index (χ1v) is 6.73. The van der Waals surface area contributed by atoms with Crippen molar-refractivity contribution in [3.05, 3.63) is 58.7 Å². The summed E-state index contributed by atoms with van der Waals surface area (Å²) in [6.07, 6.45) is 0. The minimum atomic E-state index is 1.31. The molecule has 92 valence electrons. The van der Waals surface area contributed by atoms with E-state index in [1.54, 1.807) is 0 Å². The highest BCUT2D eigenvalue weighted by Gasteiger charge is 2.01. The van der Waals surface area contributed by atoms with Gasteiger partial charge in [-0.05, 0) is 61.1 Å². The van der Waals surface area contributed by atoms with Gasteiger partial charge in [0.1, 0.15) is 0 Å². The molecule has 0 fully saturated rings. The topological polar surface area (TPSA) is 0 Å². The van der Waals surface area contributed by atoms with Crippen LogP contribution < -0.4 is 0 Å². The smallest absolute Gasteiger partial charge is 0.0996 e. The minimum Gasteiger partial charge on any atom is -0.187 e. The van der Waals surface area contributed by atoms with E-state index in [-0.39, 0.29) is 0 Å². The number of hydrogen-bond donors (Lipinski definition) is 0. The Morgan fingerprint density at radius 1 is 0.611 bits per heavy atom. The van der Waals surface area contributed by atoms with E-state index >= 15 is 0 Å². The van der Waals surface area contributed by atoms with E-state index in [4.69, 9.17) is 0 Å². The fourth-order valence-electron chi connectivity index (χ4n) is 1.84. The van der Waals surface area contributed by atoms with Gasteiger partial charge >= 0.3 is 0 Å². The average molecular weight is 254 g/mol. The van der Waals surface area contributed by atoms with Crippen molar-refractivity contribution in [2.75, 3.05) is 0 Å². The molecule has 1 atom stereocenters. The molecule has 0 saturated carbocycles. The molecule has 0 amide bonds. The fraction of sp³-hybridized carbons (Fsp3) is 0.250. The van der Waals surface area contributed by atoms with Crippen LogP contribution in [0.3, 0.4) is 0 Å². The van der Waals surface area contributed by atoms with Crippen molar-refractivity contribution < 1.29 is 0 Å². The normalized spacial score (nSPS) is 9.61. The van der Waals surface area contributed by atoms with E-state index in [2.05, 4.69) is 71.7 Å². The molecule has 0 saturated heterocycles. The van der Waals surface area contributed by atoms with Crippen molar-refractivity contribution in [3.8, 4) is 11.1 Å². The van der Waals surface area contributed by atoms with Crippen LogP contribution in [0.1, 0.15) is 22.3 Å². The molecule has 18 heavy (non-hydrogen) atoms. The molecule has 0 aliphatic carbocycles. The Kier molecular flexibility index (Phi) is 5.63. The molecule has 0 aromatic heterocycles. The number of benzene rings is 2. The second-order valence-corrected chi connectivity index (χ2v) is 4.60. The second kappa shape index (κ2) is 6.76. The zero-order chi connectivity index (χ0) is 13.7.